The van der Waals surface area contributed by atoms with E-state index in [1.54, 1.807) is 10.9 Å². The van der Waals surface area contributed by atoms with E-state index in [1.807, 2.05) is 44.3 Å². The summed E-state index contributed by atoms with van der Waals surface area (Å²) in [5.41, 5.74) is 2.60. The monoisotopic (exact) mass is 446 g/mol. The van der Waals surface area contributed by atoms with Crippen LogP contribution >= 0.6 is 0 Å². The molecule has 4 aromatic heterocycles. The third kappa shape index (κ3) is 3.64. The Morgan fingerprint density at radius 1 is 1.06 bits per heavy atom. The number of benzene rings is 1. The molecule has 0 aliphatic rings. The van der Waals surface area contributed by atoms with Crippen LogP contribution in [-0.4, -0.2) is 49.5 Å². The lowest BCUT2D eigenvalue weighted by Crippen LogP contribution is -2.39. The van der Waals surface area contributed by atoms with Crippen LogP contribution in [0.4, 0.5) is 0 Å². The number of H-pyrrole nitrogens is 2. The number of hydrogen-bond donors (Lipinski definition) is 2. The first kappa shape index (κ1) is 20.5. The highest BCUT2D eigenvalue weighted by atomic mass is 16.2. The summed E-state index contributed by atoms with van der Waals surface area (Å²) in [5, 5.41) is 18.4. The molecule has 12 nitrogen and oxygen atoms in total. The quantitative estimate of drug-likeness (QED) is 0.384. The normalized spacial score (nSPS) is 11.5. The van der Waals surface area contributed by atoms with Crippen molar-refractivity contribution in [3.63, 3.8) is 0 Å². The fourth-order valence-electron chi connectivity index (χ4n) is 3.87. The molecule has 0 radical (unpaired) electrons. The Kier molecular flexibility index (Phi) is 5.17. The van der Waals surface area contributed by atoms with E-state index in [2.05, 4.69) is 35.7 Å². The molecule has 0 saturated carbocycles. The van der Waals surface area contributed by atoms with Crippen molar-refractivity contribution in [3.05, 3.63) is 63.1 Å². The van der Waals surface area contributed by atoms with Crippen molar-refractivity contribution in [2.75, 3.05) is 0 Å². The molecule has 168 valence electrons. The predicted octanol–water partition coefficient (Wildman–Crippen LogP) is 1.41. The average molecular weight is 446 g/mol. The van der Waals surface area contributed by atoms with Crippen LogP contribution in [0.25, 0.3) is 33.9 Å². The molecule has 0 atom stereocenters. The summed E-state index contributed by atoms with van der Waals surface area (Å²) < 4.78 is 4.55. The molecule has 0 unspecified atom stereocenters. The largest absolute Gasteiger partial charge is 0.332 e. The van der Waals surface area contributed by atoms with Crippen LogP contribution in [0.3, 0.4) is 0 Å². The third-order valence-corrected chi connectivity index (χ3v) is 5.42. The topological polar surface area (TPSA) is 145 Å². The summed E-state index contributed by atoms with van der Waals surface area (Å²) in [6.07, 6.45) is 4.21. The zero-order valence-electron chi connectivity index (χ0n) is 18.2. The number of nitrogens with zero attached hydrogens (tertiary/aromatic N) is 8. The second-order valence-electron chi connectivity index (χ2n) is 7.64. The maximum Gasteiger partial charge on any atom is 0.332 e. The number of nitrogens with one attached hydrogen (secondary N) is 2. The SMILES string of the molecule is CCCn1c(=O)c2[nH]c(-c3cnn(Cc4cccc(-c5nnn[nH]5)c4)c3)nc2n(CC)c1=O. The highest BCUT2D eigenvalue weighted by Gasteiger charge is 2.17. The number of aryl methyl sites for hydroxylation is 1. The molecule has 12 heteroatoms. The highest BCUT2D eigenvalue weighted by Crippen LogP contribution is 2.19. The molecule has 1 aromatic carbocycles. The predicted molar refractivity (Wildman–Crippen MR) is 121 cm³/mol. The lowest BCUT2D eigenvalue weighted by Gasteiger charge is -2.07. The van der Waals surface area contributed by atoms with Crippen LogP contribution in [-0.2, 0) is 19.6 Å². The minimum Gasteiger partial charge on any atom is -0.332 e. The number of rotatable bonds is 7. The number of fused-ring (bicyclic) bond motifs is 1. The molecular weight excluding hydrogens is 424 g/mol. The summed E-state index contributed by atoms with van der Waals surface area (Å²) in [7, 11) is 0. The van der Waals surface area contributed by atoms with Gasteiger partial charge in [-0.25, -0.2) is 14.9 Å². The Morgan fingerprint density at radius 2 is 1.94 bits per heavy atom. The third-order valence-electron chi connectivity index (χ3n) is 5.42. The lowest BCUT2D eigenvalue weighted by atomic mass is 10.1. The Hall–Kier alpha value is -4.35. The van der Waals surface area contributed by atoms with Gasteiger partial charge >= 0.3 is 5.69 Å². The molecule has 0 aliphatic carbocycles. The molecule has 2 N–H and O–H groups in total. The summed E-state index contributed by atoms with van der Waals surface area (Å²) in [5.74, 6) is 1.08. The highest BCUT2D eigenvalue weighted by molar-refractivity contribution is 5.75. The molecule has 0 fully saturated rings. The van der Waals surface area contributed by atoms with Crippen LogP contribution in [0.2, 0.25) is 0 Å². The van der Waals surface area contributed by atoms with E-state index >= 15 is 0 Å². The van der Waals surface area contributed by atoms with Gasteiger partial charge in [-0.1, -0.05) is 25.1 Å². The van der Waals surface area contributed by atoms with E-state index in [1.165, 1.54) is 9.13 Å². The van der Waals surface area contributed by atoms with Gasteiger partial charge in [0, 0.05) is 24.8 Å². The van der Waals surface area contributed by atoms with Gasteiger partial charge < -0.3 is 4.98 Å². The van der Waals surface area contributed by atoms with E-state index in [0.29, 0.717) is 48.9 Å². The van der Waals surface area contributed by atoms with Crippen molar-refractivity contribution in [2.45, 2.75) is 39.9 Å². The van der Waals surface area contributed by atoms with Crippen LogP contribution in [0.5, 0.6) is 0 Å². The van der Waals surface area contributed by atoms with E-state index in [-0.39, 0.29) is 11.2 Å². The summed E-state index contributed by atoms with van der Waals surface area (Å²) in [6, 6.07) is 7.84. The zero-order chi connectivity index (χ0) is 22.9. The van der Waals surface area contributed by atoms with Gasteiger partial charge in [0.15, 0.2) is 11.5 Å². The maximum atomic E-state index is 12.9. The van der Waals surface area contributed by atoms with Gasteiger partial charge in [0.25, 0.3) is 5.56 Å². The second-order valence-corrected chi connectivity index (χ2v) is 7.64. The van der Waals surface area contributed by atoms with Crippen molar-refractivity contribution in [1.82, 2.24) is 49.5 Å². The van der Waals surface area contributed by atoms with Crippen molar-refractivity contribution >= 4 is 11.2 Å². The first-order valence-corrected chi connectivity index (χ1v) is 10.7. The molecule has 5 rings (SSSR count). The van der Waals surface area contributed by atoms with Crippen molar-refractivity contribution in [2.24, 2.45) is 0 Å². The molecule has 4 heterocycles. The number of tetrazole rings is 1. The van der Waals surface area contributed by atoms with Crippen LogP contribution in [0.15, 0.2) is 46.2 Å². The fraction of sp³-hybridized carbons (Fsp3) is 0.286. The van der Waals surface area contributed by atoms with Gasteiger partial charge in [0.1, 0.15) is 11.3 Å². The summed E-state index contributed by atoms with van der Waals surface area (Å²) in [4.78, 5) is 33.3. The minimum absolute atomic E-state index is 0.320. The summed E-state index contributed by atoms with van der Waals surface area (Å²) in [6.45, 7) is 5.09. The van der Waals surface area contributed by atoms with Crippen molar-refractivity contribution < 1.29 is 0 Å². The van der Waals surface area contributed by atoms with Gasteiger partial charge in [-0.3, -0.25) is 18.6 Å². The smallest absolute Gasteiger partial charge is 0.332 e. The Labute approximate surface area is 186 Å². The zero-order valence-corrected chi connectivity index (χ0v) is 18.2. The molecule has 0 amide bonds. The Morgan fingerprint density at radius 3 is 2.70 bits per heavy atom. The van der Waals surface area contributed by atoms with Gasteiger partial charge in [-0.2, -0.15) is 5.10 Å². The molecule has 0 saturated heterocycles. The summed E-state index contributed by atoms with van der Waals surface area (Å²) >= 11 is 0. The molecule has 0 aliphatic heterocycles. The molecule has 5 aromatic rings. The average Bonchev–Trinajstić information content (AvgIpc) is 3.58. The molecule has 0 spiro atoms. The van der Waals surface area contributed by atoms with E-state index in [4.69, 9.17) is 0 Å². The maximum absolute atomic E-state index is 12.9. The minimum atomic E-state index is -0.355. The standard InChI is InChI=1S/C21H22N10O2/c1-3-8-31-20(32)16-19(30(4-2)21(31)33)24-17(23-16)15-10-22-29(12-15)11-13-6-5-7-14(9-13)18-25-27-28-26-18/h5-7,9-10,12H,3-4,8,11H2,1-2H3,(H,23,24)(H,25,26,27,28). The fourth-order valence-corrected chi connectivity index (χ4v) is 3.87. The van der Waals surface area contributed by atoms with Gasteiger partial charge in [-0.15, -0.1) is 5.10 Å². The molecular formula is C21H22N10O2. The van der Waals surface area contributed by atoms with Gasteiger partial charge in [-0.05, 0) is 35.4 Å². The first-order valence-electron chi connectivity index (χ1n) is 10.7. The Balaban J connectivity index is 1.48. The van der Waals surface area contributed by atoms with Crippen LogP contribution < -0.4 is 11.2 Å². The van der Waals surface area contributed by atoms with Crippen molar-refractivity contribution in [1.29, 1.82) is 0 Å². The number of aromatic nitrogens is 10. The van der Waals surface area contributed by atoms with E-state index in [0.717, 1.165) is 16.7 Å². The molecule has 0 bridgehead atoms. The second kappa shape index (κ2) is 8.30. The van der Waals surface area contributed by atoms with Crippen LogP contribution in [0, 0.1) is 0 Å². The number of aromatic amines is 2. The van der Waals surface area contributed by atoms with Crippen LogP contribution in [0.1, 0.15) is 25.8 Å². The number of hydrogen-bond acceptors (Lipinski definition) is 7. The number of imidazole rings is 1. The molecule has 33 heavy (non-hydrogen) atoms. The van der Waals surface area contributed by atoms with Crippen molar-refractivity contribution in [3.8, 4) is 22.8 Å². The van der Waals surface area contributed by atoms with E-state index < -0.39 is 0 Å². The van der Waals surface area contributed by atoms with E-state index in [9.17, 15) is 9.59 Å². The lowest BCUT2D eigenvalue weighted by molar-refractivity contribution is 0.572. The van der Waals surface area contributed by atoms with Gasteiger partial charge in [0.05, 0.1) is 18.3 Å². The van der Waals surface area contributed by atoms with Gasteiger partial charge in [0.2, 0.25) is 0 Å². The first-order chi connectivity index (χ1) is 16.1. The Bertz CT molecular complexity index is 1540.